The highest BCUT2D eigenvalue weighted by Crippen LogP contribution is 2.17. The number of hydrogen-bond acceptors (Lipinski definition) is 3. The molecular weight excluding hydrogens is 282 g/mol. The summed E-state index contributed by atoms with van der Waals surface area (Å²) in [5.41, 5.74) is 10.3. The number of anilines is 2. The van der Waals surface area contributed by atoms with Crippen molar-refractivity contribution < 1.29 is 4.74 Å². The van der Waals surface area contributed by atoms with Crippen molar-refractivity contribution in [3.63, 3.8) is 0 Å². The van der Waals surface area contributed by atoms with Gasteiger partial charge >= 0.3 is 0 Å². The third kappa shape index (κ3) is 4.36. The van der Waals surface area contributed by atoms with Crippen LogP contribution in [0.4, 0.5) is 11.4 Å². The van der Waals surface area contributed by atoms with Crippen molar-refractivity contribution in [2.45, 2.75) is 13.8 Å². The van der Waals surface area contributed by atoms with Crippen LogP contribution in [0.3, 0.4) is 0 Å². The Labute approximate surface area is 130 Å². The van der Waals surface area contributed by atoms with Crippen LogP contribution < -0.4 is 20.9 Å². The standard InChI is InChI=1S/C16H19N3OS/c1-11-7-8-12(2)15(9-11)18-19-16(21)17-13-5-4-6-14(10-13)20-3/h4-10,18H,1-3H3,(H2,17,19,21). The van der Waals surface area contributed by atoms with Crippen molar-refractivity contribution in [2.24, 2.45) is 0 Å². The molecule has 0 amide bonds. The molecule has 2 aromatic carbocycles. The van der Waals surface area contributed by atoms with Crippen molar-refractivity contribution in [2.75, 3.05) is 17.9 Å². The lowest BCUT2D eigenvalue weighted by Crippen LogP contribution is -2.33. The predicted octanol–water partition coefficient (Wildman–Crippen LogP) is 3.63. The average molecular weight is 301 g/mol. The van der Waals surface area contributed by atoms with Gasteiger partial charge < -0.3 is 10.1 Å². The molecule has 0 aliphatic carbocycles. The molecule has 0 aromatic heterocycles. The fourth-order valence-electron chi connectivity index (χ4n) is 1.86. The van der Waals surface area contributed by atoms with E-state index >= 15 is 0 Å². The normalized spacial score (nSPS) is 9.86. The molecule has 0 saturated heterocycles. The van der Waals surface area contributed by atoms with Gasteiger partial charge in [0, 0.05) is 11.8 Å². The van der Waals surface area contributed by atoms with Crippen molar-refractivity contribution in [1.29, 1.82) is 0 Å². The summed E-state index contributed by atoms with van der Waals surface area (Å²) in [5, 5.41) is 3.59. The quantitative estimate of drug-likeness (QED) is 0.594. The number of rotatable bonds is 4. The lowest BCUT2D eigenvalue weighted by molar-refractivity contribution is 0.415. The van der Waals surface area contributed by atoms with Crippen molar-refractivity contribution in [1.82, 2.24) is 5.43 Å². The first-order valence-electron chi connectivity index (χ1n) is 6.63. The maximum Gasteiger partial charge on any atom is 0.189 e. The van der Waals surface area contributed by atoms with Crippen LogP contribution in [-0.4, -0.2) is 12.2 Å². The van der Waals surface area contributed by atoms with Crippen LogP contribution in [0.15, 0.2) is 42.5 Å². The van der Waals surface area contributed by atoms with Crippen LogP contribution in [-0.2, 0) is 0 Å². The number of nitrogens with one attached hydrogen (secondary N) is 3. The zero-order valence-corrected chi connectivity index (χ0v) is 13.2. The Morgan fingerprint density at radius 1 is 1.10 bits per heavy atom. The lowest BCUT2D eigenvalue weighted by atomic mass is 10.1. The Morgan fingerprint density at radius 2 is 1.90 bits per heavy atom. The Hall–Kier alpha value is -2.27. The minimum absolute atomic E-state index is 0.490. The van der Waals surface area contributed by atoms with Crippen LogP contribution in [0.2, 0.25) is 0 Å². The van der Waals surface area contributed by atoms with Gasteiger partial charge in [-0.25, -0.2) is 0 Å². The number of hydrazine groups is 1. The third-order valence-corrected chi connectivity index (χ3v) is 3.24. The van der Waals surface area contributed by atoms with E-state index in [1.807, 2.05) is 31.2 Å². The highest BCUT2D eigenvalue weighted by atomic mass is 32.1. The Balaban J connectivity index is 1.94. The fraction of sp³-hybridized carbons (Fsp3) is 0.188. The second kappa shape index (κ2) is 6.95. The molecule has 5 heteroatoms. The molecule has 0 unspecified atom stereocenters. The van der Waals surface area contributed by atoms with Gasteiger partial charge in [0.2, 0.25) is 0 Å². The van der Waals surface area contributed by atoms with Crippen LogP contribution in [0.5, 0.6) is 5.75 Å². The molecule has 0 radical (unpaired) electrons. The van der Waals surface area contributed by atoms with Crippen LogP contribution in [0, 0.1) is 13.8 Å². The molecule has 0 fully saturated rings. The van der Waals surface area contributed by atoms with Gasteiger partial charge in [0.05, 0.1) is 12.8 Å². The van der Waals surface area contributed by atoms with E-state index in [0.717, 1.165) is 22.7 Å². The van der Waals surface area contributed by atoms with Gasteiger partial charge in [-0.2, -0.15) is 0 Å². The van der Waals surface area contributed by atoms with E-state index in [9.17, 15) is 0 Å². The minimum atomic E-state index is 0.490. The average Bonchev–Trinajstić information content (AvgIpc) is 2.48. The molecule has 0 aliphatic rings. The summed E-state index contributed by atoms with van der Waals surface area (Å²) in [6.45, 7) is 4.10. The van der Waals surface area contributed by atoms with Gasteiger partial charge in [-0.1, -0.05) is 18.2 Å². The second-order valence-electron chi connectivity index (χ2n) is 4.75. The third-order valence-electron chi connectivity index (χ3n) is 3.03. The fourth-order valence-corrected chi connectivity index (χ4v) is 2.03. The number of aryl methyl sites for hydroxylation is 2. The SMILES string of the molecule is COc1cccc(NC(=S)NNc2cc(C)ccc2C)c1. The maximum absolute atomic E-state index is 5.27. The van der Waals surface area contributed by atoms with Gasteiger partial charge in [-0.05, 0) is 55.4 Å². The van der Waals surface area contributed by atoms with Crippen LogP contribution in [0.1, 0.15) is 11.1 Å². The number of methoxy groups -OCH3 is 1. The summed E-state index contributed by atoms with van der Waals surface area (Å²) < 4.78 is 5.18. The van der Waals surface area contributed by atoms with Gasteiger partial charge in [0.25, 0.3) is 0 Å². The van der Waals surface area contributed by atoms with Crippen LogP contribution in [0.25, 0.3) is 0 Å². The summed E-state index contributed by atoms with van der Waals surface area (Å²) in [6, 6.07) is 13.8. The molecule has 0 aliphatic heterocycles. The monoisotopic (exact) mass is 301 g/mol. The van der Waals surface area contributed by atoms with Crippen molar-refractivity contribution in [3.8, 4) is 5.75 Å². The van der Waals surface area contributed by atoms with E-state index in [0.29, 0.717) is 5.11 Å². The molecule has 4 nitrogen and oxygen atoms in total. The first-order chi connectivity index (χ1) is 10.1. The highest BCUT2D eigenvalue weighted by Gasteiger charge is 2.01. The van der Waals surface area contributed by atoms with E-state index in [1.165, 1.54) is 5.56 Å². The van der Waals surface area contributed by atoms with Gasteiger partial charge in [-0.15, -0.1) is 0 Å². The summed E-state index contributed by atoms with van der Waals surface area (Å²) in [5.74, 6) is 0.783. The number of benzene rings is 2. The number of ether oxygens (including phenoxy) is 1. The molecule has 0 saturated carbocycles. The molecule has 110 valence electrons. The van der Waals surface area contributed by atoms with Crippen LogP contribution >= 0.6 is 12.2 Å². The molecule has 2 rings (SSSR count). The smallest absolute Gasteiger partial charge is 0.189 e. The Bertz CT molecular complexity index is 643. The number of hydrogen-bond donors (Lipinski definition) is 3. The van der Waals surface area contributed by atoms with Gasteiger partial charge in [0.15, 0.2) is 5.11 Å². The number of thiocarbonyl (C=S) groups is 1. The molecule has 0 atom stereocenters. The van der Waals surface area contributed by atoms with E-state index in [1.54, 1.807) is 7.11 Å². The van der Waals surface area contributed by atoms with Gasteiger partial charge in [0.1, 0.15) is 5.75 Å². The molecule has 0 heterocycles. The molecule has 0 bridgehead atoms. The van der Waals surface area contributed by atoms with Crippen molar-refractivity contribution in [3.05, 3.63) is 53.6 Å². The van der Waals surface area contributed by atoms with E-state index in [2.05, 4.69) is 41.3 Å². The summed E-state index contributed by atoms with van der Waals surface area (Å²) in [4.78, 5) is 0. The summed E-state index contributed by atoms with van der Waals surface area (Å²) in [6.07, 6.45) is 0. The minimum Gasteiger partial charge on any atom is -0.497 e. The Kier molecular flexibility index (Phi) is 5.00. The lowest BCUT2D eigenvalue weighted by Gasteiger charge is -2.15. The summed E-state index contributed by atoms with van der Waals surface area (Å²) >= 11 is 5.27. The zero-order valence-electron chi connectivity index (χ0n) is 12.4. The topological polar surface area (TPSA) is 45.3 Å². The van der Waals surface area contributed by atoms with Crippen molar-refractivity contribution >= 4 is 28.7 Å². The Morgan fingerprint density at radius 3 is 2.67 bits per heavy atom. The van der Waals surface area contributed by atoms with Gasteiger partial charge in [-0.3, -0.25) is 10.9 Å². The molecule has 21 heavy (non-hydrogen) atoms. The maximum atomic E-state index is 5.27. The first kappa shape index (κ1) is 15.1. The predicted molar refractivity (Wildman–Crippen MR) is 91.9 cm³/mol. The molecular formula is C16H19N3OS. The van der Waals surface area contributed by atoms with E-state index < -0.39 is 0 Å². The molecule has 3 N–H and O–H groups in total. The van der Waals surface area contributed by atoms with E-state index in [-0.39, 0.29) is 0 Å². The van der Waals surface area contributed by atoms with E-state index in [4.69, 9.17) is 17.0 Å². The summed E-state index contributed by atoms with van der Waals surface area (Å²) in [7, 11) is 1.64. The molecule has 2 aromatic rings. The first-order valence-corrected chi connectivity index (χ1v) is 7.03. The molecule has 0 spiro atoms. The highest BCUT2D eigenvalue weighted by molar-refractivity contribution is 7.80. The zero-order chi connectivity index (χ0) is 15.2. The largest absolute Gasteiger partial charge is 0.497 e. The second-order valence-corrected chi connectivity index (χ2v) is 5.16.